The minimum Gasteiger partial charge on any atom is -0.465 e. The number of fused-ring (bicyclic) bond motifs is 3. The number of pyridine rings is 1. The highest BCUT2D eigenvalue weighted by Gasteiger charge is 2.20. The first-order valence-corrected chi connectivity index (χ1v) is 10.9. The molecule has 0 radical (unpaired) electrons. The second kappa shape index (κ2) is 8.43. The van der Waals surface area contributed by atoms with E-state index in [0.717, 1.165) is 44.3 Å². The van der Waals surface area contributed by atoms with Crippen LogP contribution in [0, 0.1) is 6.92 Å². The van der Waals surface area contributed by atoms with E-state index in [9.17, 15) is 4.79 Å². The van der Waals surface area contributed by atoms with Gasteiger partial charge in [0, 0.05) is 28.4 Å². The summed E-state index contributed by atoms with van der Waals surface area (Å²) in [5, 5.41) is 4.45. The molecular formula is C28H24N2O3. The Morgan fingerprint density at radius 3 is 2.55 bits per heavy atom. The summed E-state index contributed by atoms with van der Waals surface area (Å²) in [6, 6.07) is 23.6. The number of para-hydroxylation sites is 1. The standard InChI is InChI=1S/C28H24N2O3/c1-17-15-22(18(2)30-24-12-8-7-11-21(24)28(31)32-3)26-23(16-17)25-27(33-26)20(13-14-29-25)19-9-5-4-6-10-19/h4-16,18,30H,1-3H3/t18-/m1/s1. The number of methoxy groups -OCH3 is 1. The van der Waals surface area contributed by atoms with Crippen LogP contribution in [0.25, 0.3) is 33.2 Å². The van der Waals surface area contributed by atoms with Crippen LogP contribution in [0.2, 0.25) is 0 Å². The van der Waals surface area contributed by atoms with Gasteiger partial charge in [-0.1, -0.05) is 48.5 Å². The fourth-order valence-electron chi connectivity index (χ4n) is 4.31. The maximum Gasteiger partial charge on any atom is 0.339 e. The Hall–Kier alpha value is -4.12. The van der Waals surface area contributed by atoms with Crippen LogP contribution in [0.4, 0.5) is 5.69 Å². The lowest BCUT2D eigenvalue weighted by Crippen LogP contribution is -2.12. The number of carbonyl (C=O) groups excluding carboxylic acids is 1. The number of ether oxygens (including phenoxy) is 1. The number of furan rings is 1. The van der Waals surface area contributed by atoms with Crippen molar-refractivity contribution in [1.82, 2.24) is 4.98 Å². The van der Waals surface area contributed by atoms with E-state index in [1.165, 1.54) is 7.11 Å². The van der Waals surface area contributed by atoms with Crippen LogP contribution in [-0.2, 0) is 4.74 Å². The van der Waals surface area contributed by atoms with Crippen molar-refractivity contribution in [2.45, 2.75) is 19.9 Å². The summed E-state index contributed by atoms with van der Waals surface area (Å²) in [5.41, 5.74) is 7.83. The van der Waals surface area contributed by atoms with Crippen LogP contribution in [0.5, 0.6) is 0 Å². The Balaban J connectivity index is 1.65. The highest BCUT2D eigenvalue weighted by atomic mass is 16.5. The zero-order valence-electron chi connectivity index (χ0n) is 18.8. The first-order chi connectivity index (χ1) is 16.1. The summed E-state index contributed by atoms with van der Waals surface area (Å²) >= 11 is 0. The molecule has 5 aromatic rings. The summed E-state index contributed by atoms with van der Waals surface area (Å²) in [4.78, 5) is 16.9. The predicted molar refractivity (Wildman–Crippen MR) is 132 cm³/mol. The van der Waals surface area contributed by atoms with Gasteiger partial charge in [-0.25, -0.2) is 4.79 Å². The van der Waals surface area contributed by atoms with Gasteiger partial charge in [-0.05, 0) is 49.2 Å². The number of aromatic nitrogens is 1. The van der Waals surface area contributed by atoms with Gasteiger partial charge < -0.3 is 14.5 Å². The average Bonchev–Trinajstić information content (AvgIpc) is 3.22. The van der Waals surface area contributed by atoms with Crippen molar-refractivity contribution in [3.8, 4) is 11.1 Å². The molecule has 5 rings (SSSR count). The summed E-state index contributed by atoms with van der Waals surface area (Å²) in [6.07, 6.45) is 1.83. The third kappa shape index (κ3) is 3.72. The molecule has 164 valence electrons. The van der Waals surface area contributed by atoms with Gasteiger partial charge in [0.15, 0.2) is 5.58 Å². The minimum absolute atomic E-state index is 0.126. The highest BCUT2D eigenvalue weighted by Crippen LogP contribution is 2.38. The molecule has 2 heterocycles. The third-order valence-corrected chi connectivity index (χ3v) is 5.88. The van der Waals surface area contributed by atoms with Gasteiger partial charge in [-0.3, -0.25) is 4.98 Å². The van der Waals surface area contributed by atoms with Crippen LogP contribution < -0.4 is 5.32 Å². The smallest absolute Gasteiger partial charge is 0.339 e. The predicted octanol–water partition coefficient (Wildman–Crippen LogP) is 6.92. The molecule has 0 unspecified atom stereocenters. The van der Waals surface area contributed by atoms with Crippen molar-refractivity contribution >= 4 is 33.7 Å². The first-order valence-electron chi connectivity index (χ1n) is 10.9. The number of esters is 1. The van der Waals surface area contributed by atoms with E-state index in [2.05, 4.69) is 48.4 Å². The van der Waals surface area contributed by atoms with Crippen LogP contribution in [0.1, 0.15) is 34.5 Å². The monoisotopic (exact) mass is 436 g/mol. The number of rotatable bonds is 5. The Bertz CT molecular complexity index is 1470. The molecule has 0 aliphatic carbocycles. The first kappa shape index (κ1) is 20.8. The quantitative estimate of drug-likeness (QED) is 0.303. The number of aryl methyl sites for hydroxylation is 1. The largest absolute Gasteiger partial charge is 0.465 e. The van der Waals surface area contributed by atoms with Gasteiger partial charge in [0.2, 0.25) is 0 Å². The number of anilines is 1. The Morgan fingerprint density at radius 1 is 1.00 bits per heavy atom. The van der Waals surface area contributed by atoms with Crippen LogP contribution in [-0.4, -0.2) is 18.1 Å². The topological polar surface area (TPSA) is 64.4 Å². The lowest BCUT2D eigenvalue weighted by atomic mass is 10.0. The van der Waals surface area contributed by atoms with E-state index in [1.807, 2.05) is 48.7 Å². The lowest BCUT2D eigenvalue weighted by Gasteiger charge is -2.18. The molecule has 0 bridgehead atoms. The van der Waals surface area contributed by atoms with Gasteiger partial charge in [0.05, 0.1) is 18.7 Å². The molecule has 5 nitrogen and oxygen atoms in total. The number of benzene rings is 3. The molecule has 0 fully saturated rings. The summed E-state index contributed by atoms with van der Waals surface area (Å²) in [5.74, 6) is -0.375. The molecule has 0 aliphatic rings. The van der Waals surface area contributed by atoms with Gasteiger partial charge >= 0.3 is 5.97 Å². The molecule has 0 saturated carbocycles. The van der Waals surface area contributed by atoms with Gasteiger partial charge in [-0.15, -0.1) is 0 Å². The molecule has 1 N–H and O–H groups in total. The molecule has 0 aliphatic heterocycles. The van der Waals surface area contributed by atoms with Crippen molar-refractivity contribution in [3.05, 3.63) is 95.7 Å². The molecule has 0 spiro atoms. The number of nitrogens with zero attached hydrogens (tertiary/aromatic N) is 1. The maximum atomic E-state index is 12.2. The summed E-state index contributed by atoms with van der Waals surface area (Å²) in [7, 11) is 1.39. The number of nitrogens with one attached hydrogen (secondary N) is 1. The van der Waals surface area contributed by atoms with Crippen molar-refractivity contribution in [3.63, 3.8) is 0 Å². The van der Waals surface area contributed by atoms with E-state index in [4.69, 9.17) is 9.15 Å². The van der Waals surface area contributed by atoms with Crippen molar-refractivity contribution in [1.29, 1.82) is 0 Å². The average molecular weight is 437 g/mol. The van der Waals surface area contributed by atoms with Crippen molar-refractivity contribution in [2.24, 2.45) is 0 Å². The van der Waals surface area contributed by atoms with Crippen LogP contribution in [0.3, 0.4) is 0 Å². The Labute approximate surface area is 192 Å². The molecule has 0 amide bonds. The zero-order valence-corrected chi connectivity index (χ0v) is 18.8. The molecular weight excluding hydrogens is 412 g/mol. The van der Waals surface area contributed by atoms with Gasteiger partial charge in [-0.2, -0.15) is 0 Å². The van der Waals surface area contributed by atoms with Crippen molar-refractivity contribution in [2.75, 3.05) is 12.4 Å². The van der Waals surface area contributed by atoms with E-state index in [0.29, 0.717) is 11.3 Å². The molecule has 1 atom stereocenters. The number of hydrogen-bond donors (Lipinski definition) is 1. The SMILES string of the molecule is COC(=O)c1ccccc1N[C@H](C)c1cc(C)cc2c1oc1c(-c3ccccc3)ccnc12. The summed E-state index contributed by atoms with van der Waals surface area (Å²) in [6.45, 7) is 4.12. The normalized spacial score (nSPS) is 12.1. The highest BCUT2D eigenvalue weighted by molar-refractivity contribution is 6.08. The van der Waals surface area contributed by atoms with Crippen LogP contribution >= 0.6 is 0 Å². The molecule has 3 aromatic carbocycles. The van der Waals surface area contributed by atoms with Gasteiger partial charge in [0.1, 0.15) is 11.1 Å². The van der Waals surface area contributed by atoms with Crippen LogP contribution in [0.15, 0.2) is 83.4 Å². The number of hydrogen-bond acceptors (Lipinski definition) is 5. The zero-order chi connectivity index (χ0) is 22.9. The minimum atomic E-state index is -0.375. The molecule has 0 saturated heterocycles. The van der Waals surface area contributed by atoms with E-state index in [1.54, 1.807) is 6.07 Å². The van der Waals surface area contributed by atoms with E-state index in [-0.39, 0.29) is 12.0 Å². The molecule has 2 aromatic heterocycles. The number of carbonyl (C=O) groups is 1. The summed E-state index contributed by atoms with van der Waals surface area (Å²) < 4.78 is 11.4. The Morgan fingerprint density at radius 2 is 1.76 bits per heavy atom. The lowest BCUT2D eigenvalue weighted by molar-refractivity contribution is 0.0602. The second-order valence-electron chi connectivity index (χ2n) is 8.14. The maximum absolute atomic E-state index is 12.2. The van der Waals surface area contributed by atoms with Gasteiger partial charge in [0.25, 0.3) is 0 Å². The fraction of sp³-hybridized carbons (Fsp3) is 0.143. The molecule has 33 heavy (non-hydrogen) atoms. The Kier molecular flexibility index (Phi) is 5.31. The third-order valence-electron chi connectivity index (χ3n) is 5.88. The second-order valence-corrected chi connectivity index (χ2v) is 8.14. The molecule has 5 heteroatoms. The van der Waals surface area contributed by atoms with Crippen molar-refractivity contribution < 1.29 is 13.9 Å². The fourth-order valence-corrected chi connectivity index (χ4v) is 4.31. The van der Waals surface area contributed by atoms with E-state index >= 15 is 0 Å². The van der Waals surface area contributed by atoms with E-state index < -0.39 is 0 Å².